The van der Waals surface area contributed by atoms with Crippen LogP contribution in [0.2, 0.25) is 0 Å². The summed E-state index contributed by atoms with van der Waals surface area (Å²) < 4.78 is 26.7. The van der Waals surface area contributed by atoms with Gasteiger partial charge in [0.1, 0.15) is 11.6 Å². The topological polar surface area (TPSA) is 61.4 Å². The molecule has 2 fully saturated rings. The van der Waals surface area contributed by atoms with Crippen molar-refractivity contribution in [1.82, 2.24) is 15.5 Å². The largest absolute Gasteiger partial charge is 0.352 e. The number of amides is 2. The van der Waals surface area contributed by atoms with Gasteiger partial charge in [-0.15, -0.1) is 0 Å². The predicted molar refractivity (Wildman–Crippen MR) is 89.0 cm³/mol. The number of rotatable bonds is 3. The lowest BCUT2D eigenvalue weighted by atomic mass is 9.94. The molecule has 3 rings (SSSR count). The number of piperidine rings is 2. The summed E-state index contributed by atoms with van der Waals surface area (Å²) in [6.45, 7) is 2.59. The van der Waals surface area contributed by atoms with Gasteiger partial charge >= 0.3 is 0 Å². The number of hydrogen-bond acceptors (Lipinski definition) is 3. The summed E-state index contributed by atoms with van der Waals surface area (Å²) in [5.41, 5.74) is -0.127. The Kier molecular flexibility index (Phi) is 5.63. The molecule has 1 aromatic carbocycles. The molecule has 7 heteroatoms. The molecule has 2 aliphatic rings. The van der Waals surface area contributed by atoms with Crippen molar-refractivity contribution in [1.29, 1.82) is 0 Å². The van der Waals surface area contributed by atoms with Crippen molar-refractivity contribution >= 4 is 11.8 Å². The zero-order valence-electron chi connectivity index (χ0n) is 14.1. The summed E-state index contributed by atoms with van der Waals surface area (Å²) >= 11 is 0. The molecule has 1 atom stereocenters. The quantitative estimate of drug-likeness (QED) is 0.871. The molecule has 25 heavy (non-hydrogen) atoms. The number of likely N-dealkylation sites (tertiary alicyclic amines) is 1. The van der Waals surface area contributed by atoms with Crippen LogP contribution in [0.3, 0.4) is 0 Å². The van der Waals surface area contributed by atoms with Crippen LogP contribution in [0.15, 0.2) is 18.2 Å². The monoisotopic (exact) mass is 351 g/mol. The second kappa shape index (κ2) is 7.91. The molecule has 2 N–H and O–H groups in total. The van der Waals surface area contributed by atoms with Gasteiger partial charge in [-0.1, -0.05) is 0 Å². The predicted octanol–water partition coefficient (Wildman–Crippen LogP) is 1.69. The Bertz CT molecular complexity index is 639. The van der Waals surface area contributed by atoms with Crippen LogP contribution in [0.25, 0.3) is 0 Å². The highest BCUT2D eigenvalue weighted by Crippen LogP contribution is 2.21. The smallest absolute Gasteiger partial charge is 0.256 e. The normalized spacial score (nSPS) is 21.8. The first-order chi connectivity index (χ1) is 12.0. The van der Waals surface area contributed by atoms with E-state index in [-0.39, 0.29) is 23.4 Å². The second-order valence-corrected chi connectivity index (χ2v) is 6.74. The summed E-state index contributed by atoms with van der Waals surface area (Å²) in [7, 11) is 0. The van der Waals surface area contributed by atoms with E-state index in [4.69, 9.17) is 0 Å². The van der Waals surface area contributed by atoms with Crippen LogP contribution < -0.4 is 10.6 Å². The molecule has 0 spiro atoms. The summed E-state index contributed by atoms with van der Waals surface area (Å²) in [5, 5.41) is 6.34. The molecule has 2 saturated heterocycles. The van der Waals surface area contributed by atoms with Crippen molar-refractivity contribution in [2.24, 2.45) is 5.92 Å². The fourth-order valence-corrected chi connectivity index (χ4v) is 3.47. The van der Waals surface area contributed by atoms with Crippen molar-refractivity contribution < 1.29 is 18.4 Å². The Morgan fingerprint density at radius 3 is 2.56 bits per heavy atom. The standard InChI is InChI=1S/C18H23F2N3O2/c19-13-3-4-15(16(20)10-13)18(25)23-8-5-12(6-9-23)17(24)22-14-2-1-7-21-11-14/h3-4,10,12,14,21H,1-2,5-9,11H2,(H,22,24). The fourth-order valence-electron chi connectivity index (χ4n) is 3.47. The van der Waals surface area contributed by atoms with Crippen LogP contribution in [-0.2, 0) is 4.79 Å². The lowest BCUT2D eigenvalue weighted by molar-refractivity contribution is -0.127. The Hall–Kier alpha value is -2.02. The number of benzene rings is 1. The molecule has 0 bridgehead atoms. The second-order valence-electron chi connectivity index (χ2n) is 6.74. The zero-order chi connectivity index (χ0) is 17.8. The molecule has 1 aromatic rings. The van der Waals surface area contributed by atoms with Crippen LogP contribution >= 0.6 is 0 Å². The number of nitrogens with one attached hydrogen (secondary N) is 2. The van der Waals surface area contributed by atoms with E-state index in [0.29, 0.717) is 32.0 Å². The minimum Gasteiger partial charge on any atom is -0.352 e. The number of carbonyl (C=O) groups is 2. The molecule has 136 valence electrons. The maximum Gasteiger partial charge on any atom is 0.256 e. The first-order valence-electron chi connectivity index (χ1n) is 8.80. The first kappa shape index (κ1) is 17.8. The van der Waals surface area contributed by atoms with Gasteiger partial charge in [-0.05, 0) is 44.4 Å². The van der Waals surface area contributed by atoms with E-state index in [0.717, 1.165) is 32.0 Å². The Labute approximate surface area is 145 Å². The summed E-state index contributed by atoms with van der Waals surface area (Å²) in [4.78, 5) is 26.3. The van der Waals surface area contributed by atoms with Gasteiger partial charge in [-0.25, -0.2) is 8.78 Å². The third-order valence-corrected chi connectivity index (χ3v) is 4.96. The lowest BCUT2D eigenvalue weighted by Gasteiger charge is -2.33. The summed E-state index contributed by atoms with van der Waals surface area (Å²) in [5.74, 6) is -2.10. The maximum absolute atomic E-state index is 13.8. The molecule has 2 amide bonds. The first-order valence-corrected chi connectivity index (χ1v) is 8.80. The maximum atomic E-state index is 13.8. The number of hydrogen-bond donors (Lipinski definition) is 2. The third kappa shape index (κ3) is 4.34. The Morgan fingerprint density at radius 1 is 1.16 bits per heavy atom. The van der Waals surface area contributed by atoms with Crippen molar-refractivity contribution in [2.75, 3.05) is 26.2 Å². The van der Waals surface area contributed by atoms with E-state index in [1.54, 1.807) is 0 Å². The van der Waals surface area contributed by atoms with E-state index in [9.17, 15) is 18.4 Å². The van der Waals surface area contributed by atoms with Crippen molar-refractivity contribution in [2.45, 2.75) is 31.7 Å². The number of nitrogens with zero attached hydrogens (tertiary/aromatic N) is 1. The van der Waals surface area contributed by atoms with Gasteiger partial charge in [0.25, 0.3) is 5.91 Å². The molecule has 1 unspecified atom stereocenters. The van der Waals surface area contributed by atoms with Gasteiger partial charge in [0.05, 0.1) is 5.56 Å². The highest BCUT2D eigenvalue weighted by molar-refractivity contribution is 5.94. The molecule has 2 heterocycles. The molecule has 5 nitrogen and oxygen atoms in total. The van der Waals surface area contributed by atoms with Gasteiger partial charge in [0.2, 0.25) is 5.91 Å². The van der Waals surface area contributed by atoms with Gasteiger partial charge in [-0.2, -0.15) is 0 Å². The highest BCUT2D eigenvalue weighted by atomic mass is 19.1. The van der Waals surface area contributed by atoms with Crippen molar-refractivity contribution in [3.05, 3.63) is 35.4 Å². The molecular weight excluding hydrogens is 328 g/mol. The molecule has 2 aliphatic heterocycles. The lowest BCUT2D eigenvalue weighted by Crippen LogP contribution is -2.49. The number of halogens is 2. The van der Waals surface area contributed by atoms with Crippen LogP contribution in [0, 0.1) is 17.6 Å². The third-order valence-electron chi connectivity index (χ3n) is 4.96. The summed E-state index contributed by atoms with van der Waals surface area (Å²) in [6, 6.07) is 3.14. The van der Waals surface area contributed by atoms with Crippen LogP contribution in [-0.4, -0.2) is 48.9 Å². The minimum atomic E-state index is -0.852. The molecule has 0 saturated carbocycles. The van der Waals surface area contributed by atoms with Crippen LogP contribution in [0.5, 0.6) is 0 Å². The SMILES string of the molecule is O=C(NC1CCCNC1)C1CCN(C(=O)c2ccc(F)cc2F)CC1. The summed E-state index contributed by atoms with van der Waals surface area (Å²) in [6.07, 6.45) is 3.15. The minimum absolute atomic E-state index is 0.0359. The van der Waals surface area contributed by atoms with E-state index >= 15 is 0 Å². The van der Waals surface area contributed by atoms with Gasteiger partial charge in [0, 0.05) is 37.7 Å². The Balaban J connectivity index is 1.52. The zero-order valence-corrected chi connectivity index (χ0v) is 14.1. The van der Waals surface area contributed by atoms with Crippen molar-refractivity contribution in [3.8, 4) is 0 Å². The van der Waals surface area contributed by atoms with Gasteiger partial charge < -0.3 is 15.5 Å². The average molecular weight is 351 g/mol. The molecule has 0 aromatic heterocycles. The fraction of sp³-hybridized carbons (Fsp3) is 0.556. The van der Waals surface area contributed by atoms with E-state index in [2.05, 4.69) is 10.6 Å². The van der Waals surface area contributed by atoms with Gasteiger partial charge in [-0.3, -0.25) is 9.59 Å². The van der Waals surface area contributed by atoms with Crippen molar-refractivity contribution in [3.63, 3.8) is 0 Å². The van der Waals surface area contributed by atoms with Crippen LogP contribution in [0.4, 0.5) is 8.78 Å². The van der Waals surface area contributed by atoms with E-state index < -0.39 is 17.5 Å². The molecular formula is C18H23F2N3O2. The molecule has 0 radical (unpaired) electrons. The Morgan fingerprint density at radius 2 is 1.92 bits per heavy atom. The average Bonchev–Trinajstić information content (AvgIpc) is 2.62. The van der Waals surface area contributed by atoms with Gasteiger partial charge in [0.15, 0.2) is 0 Å². The highest BCUT2D eigenvalue weighted by Gasteiger charge is 2.30. The van der Waals surface area contributed by atoms with E-state index in [1.807, 2.05) is 0 Å². The number of carbonyl (C=O) groups excluding carboxylic acids is 2. The van der Waals surface area contributed by atoms with E-state index in [1.165, 1.54) is 11.0 Å². The molecule has 0 aliphatic carbocycles. The van der Waals surface area contributed by atoms with Crippen LogP contribution in [0.1, 0.15) is 36.0 Å².